The van der Waals surface area contributed by atoms with Crippen LogP contribution in [0, 0.1) is 5.82 Å². The van der Waals surface area contributed by atoms with E-state index in [2.05, 4.69) is 25.9 Å². The molecule has 8 nitrogen and oxygen atoms in total. The van der Waals surface area contributed by atoms with Crippen LogP contribution in [0.1, 0.15) is 27.7 Å². The summed E-state index contributed by atoms with van der Waals surface area (Å²) in [7, 11) is 0. The molecule has 0 saturated heterocycles. The van der Waals surface area contributed by atoms with E-state index in [-0.39, 0.29) is 11.6 Å². The van der Waals surface area contributed by atoms with Crippen LogP contribution in [-0.4, -0.2) is 33.6 Å². The Balaban J connectivity index is 2.07. The van der Waals surface area contributed by atoms with Gasteiger partial charge in [-0.1, -0.05) is 0 Å². The summed E-state index contributed by atoms with van der Waals surface area (Å²) >= 11 is 0. The molecule has 0 aliphatic carbocycles. The van der Waals surface area contributed by atoms with E-state index in [9.17, 15) is 14.0 Å². The lowest BCUT2D eigenvalue weighted by molar-refractivity contribution is -0.117. The average molecular weight is 375 g/mol. The molecule has 0 aliphatic rings. The van der Waals surface area contributed by atoms with Crippen molar-refractivity contribution in [1.29, 1.82) is 0 Å². The highest BCUT2D eigenvalue weighted by atomic mass is 19.1. The van der Waals surface area contributed by atoms with Crippen LogP contribution in [0.25, 0.3) is 0 Å². The first-order chi connectivity index (χ1) is 12.6. The standard InChI is InChI=1S/C18H22FN5O3/c1-11(22-17(26)27-18(2,3)4)15(25)23-13-7-6-12(19)10-14(13)24-16-20-8-5-9-21-16/h5-11H,1-4H3,(H,22,26)(H,23,25)(H,20,21,24)/t11-/m0/s1. The van der Waals surface area contributed by atoms with E-state index in [1.54, 1.807) is 26.8 Å². The molecule has 1 aromatic carbocycles. The first kappa shape index (κ1) is 20.1. The molecule has 3 N–H and O–H groups in total. The number of carbonyl (C=O) groups is 2. The van der Waals surface area contributed by atoms with E-state index in [1.165, 1.54) is 37.5 Å². The van der Waals surface area contributed by atoms with Gasteiger partial charge in [0.15, 0.2) is 0 Å². The molecule has 0 spiro atoms. The molecule has 0 bridgehead atoms. The molecule has 1 atom stereocenters. The Kier molecular flexibility index (Phi) is 6.27. The van der Waals surface area contributed by atoms with Crippen LogP contribution < -0.4 is 16.0 Å². The number of rotatable bonds is 5. The smallest absolute Gasteiger partial charge is 0.408 e. The van der Waals surface area contributed by atoms with Crippen LogP contribution in [0.2, 0.25) is 0 Å². The maximum absolute atomic E-state index is 13.6. The van der Waals surface area contributed by atoms with E-state index < -0.39 is 29.5 Å². The maximum atomic E-state index is 13.6. The second-order valence-electron chi connectivity index (χ2n) is 6.74. The van der Waals surface area contributed by atoms with Crippen LogP contribution in [0.5, 0.6) is 0 Å². The lowest BCUT2D eigenvalue weighted by Gasteiger charge is -2.22. The highest BCUT2D eigenvalue weighted by Crippen LogP contribution is 2.25. The normalized spacial score (nSPS) is 12.0. The number of hydrogen-bond donors (Lipinski definition) is 3. The van der Waals surface area contributed by atoms with Gasteiger partial charge in [-0.2, -0.15) is 0 Å². The molecule has 144 valence electrons. The minimum Gasteiger partial charge on any atom is -0.444 e. The first-order valence-corrected chi connectivity index (χ1v) is 8.28. The third-order valence-corrected chi connectivity index (χ3v) is 3.18. The number of carbonyl (C=O) groups excluding carboxylic acids is 2. The van der Waals surface area contributed by atoms with E-state index in [0.29, 0.717) is 5.69 Å². The highest BCUT2D eigenvalue weighted by molar-refractivity contribution is 5.99. The molecular weight excluding hydrogens is 353 g/mol. The Morgan fingerprint density at radius 2 is 1.81 bits per heavy atom. The molecule has 2 rings (SSSR count). The second-order valence-corrected chi connectivity index (χ2v) is 6.74. The number of nitrogens with zero attached hydrogens (tertiary/aromatic N) is 2. The zero-order chi connectivity index (χ0) is 20.0. The van der Waals surface area contributed by atoms with Gasteiger partial charge in [0.1, 0.15) is 17.5 Å². The van der Waals surface area contributed by atoms with Gasteiger partial charge in [-0.05, 0) is 52.0 Å². The van der Waals surface area contributed by atoms with Crippen molar-refractivity contribution < 1.29 is 18.7 Å². The number of aromatic nitrogens is 2. The number of hydrogen-bond acceptors (Lipinski definition) is 6. The van der Waals surface area contributed by atoms with E-state index >= 15 is 0 Å². The van der Waals surface area contributed by atoms with Crippen molar-refractivity contribution in [3.05, 3.63) is 42.5 Å². The summed E-state index contributed by atoms with van der Waals surface area (Å²) in [5.41, 5.74) is -0.0880. The van der Waals surface area contributed by atoms with Gasteiger partial charge in [0.2, 0.25) is 11.9 Å². The molecule has 1 aromatic heterocycles. The molecule has 9 heteroatoms. The Morgan fingerprint density at radius 1 is 1.15 bits per heavy atom. The third kappa shape index (κ3) is 6.53. The number of benzene rings is 1. The van der Waals surface area contributed by atoms with E-state index in [1.807, 2.05) is 0 Å². The van der Waals surface area contributed by atoms with Gasteiger partial charge in [-0.3, -0.25) is 4.79 Å². The summed E-state index contributed by atoms with van der Waals surface area (Å²) in [5.74, 6) is -0.741. The number of anilines is 3. The molecule has 2 aromatic rings. The second kappa shape index (κ2) is 8.43. The molecule has 0 saturated carbocycles. The largest absolute Gasteiger partial charge is 0.444 e. The van der Waals surface area contributed by atoms with Gasteiger partial charge in [0.05, 0.1) is 11.4 Å². The summed E-state index contributed by atoms with van der Waals surface area (Å²) < 4.78 is 18.7. The minimum atomic E-state index is -0.870. The number of ether oxygens (including phenoxy) is 1. The molecular formula is C18H22FN5O3. The molecule has 0 fully saturated rings. The van der Waals surface area contributed by atoms with Gasteiger partial charge in [0, 0.05) is 12.4 Å². The monoisotopic (exact) mass is 375 g/mol. The first-order valence-electron chi connectivity index (χ1n) is 8.28. The number of nitrogens with one attached hydrogen (secondary N) is 3. The van der Waals surface area contributed by atoms with Crippen molar-refractivity contribution in [2.24, 2.45) is 0 Å². The van der Waals surface area contributed by atoms with Crippen molar-refractivity contribution in [2.75, 3.05) is 10.6 Å². The molecule has 0 aliphatic heterocycles. The Bertz CT molecular complexity index is 808. The van der Waals surface area contributed by atoms with Gasteiger partial charge < -0.3 is 20.7 Å². The fourth-order valence-corrected chi connectivity index (χ4v) is 2.00. The fourth-order valence-electron chi connectivity index (χ4n) is 2.00. The fraction of sp³-hybridized carbons (Fsp3) is 0.333. The van der Waals surface area contributed by atoms with E-state index in [4.69, 9.17) is 4.74 Å². The van der Waals surface area contributed by atoms with Crippen molar-refractivity contribution in [2.45, 2.75) is 39.3 Å². The van der Waals surface area contributed by atoms with Crippen LogP contribution in [0.3, 0.4) is 0 Å². The maximum Gasteiger partial charge on any atom is 0.408 e. The summed E-state index contributed by atoms with van der Waals surface area (Å²) in [6.07, 6.45) is 2.35. The average Bonchev–Trinajstić information content (AvgIpc) is 2.56. The van der Waals surface area contributed by atoms with Crippen molar-refractivity contribution >= 4 is 29.3 Å². The lowest BCUT2D eigenvalue weighted by Crippen LogP contribution is -2.44. The Morgan fingerprint density at radius 3 is 2.44 bits per heavy atom. The van der Waals surface area contributed by atoms with Gasteiger partial charge in [0.25, 0.3) is 0 Å². The SMILES string of the molecule is C[C@H](NC(=O)OC(C)(C)C)C(=O)Nc1ccc(F)cc1Nc1ncccn1. The Labute approximate surface area is 156 Å². The molecule has 1 heterocycles. The zero-order valence-electron chi connectivity index (χ0n) is 15.5. The number of amides is 2. The molecule has 2 amide bonds. The van der Waals surface area contributed by atoms with E-state index in [0.717, 1.165) is 0 Å². The van der Waals surface area contributed by atoms with Crippen molar-refractivity contribution in [1.82, 2.24) is 15.3 Å². The summed E-state index contributed by atoms with van der Waals surface area (Å²) in [6.45, 7) is 6.68. The highest BCUT2D eigenvalue weighted by Gasteiger charge is 2.21. The third-order valence-electron chi connectivity index (χ3n) is 3.18. The molecule has 0 radical (unpaired) electrons. The predicted octanol–water partition coefficient (Wildman–Crippen LogP) is 3.21. The van der Waals surface area contributed by atoms with Gasteiger partial charge in [-0.15, -0.1) is 0 Å². The Hall–Kier alpha value is -3.23. The molecule has 27 heavy (non-hydrogen) atoms. The van der Waals surface area contributed by atoms with Crippen molar-refractivity contribution in [3.63, 3.8) is 0 Å². The van der Waals surface area contributed by atoms with Crippen LogP contribution in [0.15, 0.2) is 36.7 Å². The van der Waals surface area contributed by atoms with Crippen LogP contribution >= 0.6 is 0 Å². The van der Waals surface area contributed by atoms with Crippen LogP contribution in [-0.2, 0) is 9.53 Å². The summed E-state index contributed by atoms with van der Waals surface area (Å²) in [4.78, 5) is 32.2. The van der Waals surface area contributed by atoms with Gasteiger partial charge in [-0.25, -0.2) is 19.2 Å². The zero-order valence-corrected chi connectivity index (χ0v) is 15.5. The summed E-state index contributed by atoms with van der Waals surface area (Å²) in [6, 6.07) is 4.59. The van der Waals surface area contributed by atoms with Crippen LogP contribution in [0.4, 0.5) is 26.5 Å². The van der Waals surface area contributed by atoms with Crippen molar-refractivity contribution in [3.8, 4) is 0 Å². The number of alkyl carbamates (subject to hydrolysis) is 1. The lowest BCUT2D eigenvalue weighted by atomic mass is 10.2. The molecule has 0 unspecified atom stereocenters. The minimum absolute atomic E-state index is 0.249. The topological polar surface area (TPSA) is 105 Å². The summed E-state index contributed by atoms with van der Waals surface area (Å²) in [5, 5.41) is 7.92. The predicted molar refractivity (Wildman–Crippen MR) is 99.2 cm³/mol. The van der Waals surface area contributed by atoms with Gasteiger partial charge >= 0.3 is 6.09 Å². The number of halogens is 1. The quantitative estimate of drug-likeness (QED) is 0.741.